The van der Waals surface area contributed by atoms with Crippen LogP contribution in [0.4, 0.5) is 0 Å². The number of carbonyl (C=O) groups is 4. The number of ether oxygens (including phenoxy) is 4. The van der Waals surface area contributed by atoms with Crippen molar-refractivity contribution in [1.29, 1.82) is 0 Å². The van der Waals surface area contributed by atoms with E-state index >= 15 is 0 Å². The summed E-state index contributed by atoms with van der Waals surface area (Å²) >= 11 is 0. The molecule has 101 heavy (non-hydrogen) atoms. The van der Waals surface area contributed by atoms with Crippen molar-refractivity contribution in [3.05, 3.63) is 147 Å². The van der Waals surface area contributed by atoms with E-state index in [1.54, 1.807) is 0 Å². The van der Waals surface area contributed by atoms with Gasteiger partial charge >= 0.3 is 40.7 Å². The predicted molar refractivity (Wildman–Crippen MR) is 407 cm³/mol. The number of aromatic nitrogens is 2. The number of aliphatic imine (C=N–C) groups is 2. The molecule has 4 aromatic rings. The van der Waals surface area contributed by atoms with Gasteiger partial charge in [-0.05, 0) is 261 Å². The Morgan fingerprint density at radius 2 is 0.624 bits per heavy atom. The molecule has 1 radical (unpaired) electrons. The molecular formula is C88H122CoN4O8. The third-order valence-electron chi connectivity index (χ3n) is 24.0. The molecule has 12 atom stereocenters. The monoisotopic (exact) mass is 1420 g/mol. The smallest absolute Gasteiger partial charge is 0.660 e. The Bertz CT molecular complexity index is 3680. The number of hydrogen-bond acceptors (Lipinski definition) is 10. The minimum Gasteiger partial charge on any atom is -0.660 e. The molecule has 4 saturated carbocycles. The summed E-state index contributed by atoms with van der Waals surface area (Å²) < 4.78 is 25.5. The number of allylic oxidation sites excluding steroid dienone is 2. The second kappa shape index (κ2) is 33.2. The van der Waals surface area contributed by atoms with Gasteiger partial charge in [-0.1, -0.05) is 169 Å². The SMILES string of the molecule is CC1=N/C(=C(\c2[n-]c(C)c(C(=O)OC3CC(C)CCC3C(C)C)c2C)c2c(C)cc(C)cc2C)C(C)=C1C(=O)OC1CC(C)CCC1C(C)C.CC1=N/C(=C(\c2[n-]c(C)c(C(=O)OC3CC(C)CCC3C(C)C)c2C)c2c(C)cc(C)cc2C)C(C)=C1C(=O)OC1CC(C)CCC1C(C)C.[Co+2]. The van der Waals surface area contributed by atoms with Crippen LogP contribution in [0.15, 0.2) is 67.9 Å². The summed E-state index contributed by atoms with van der Waals surface area (Å²) in [6.07, 6.45) is 12.1. The zero-order valence-electron chi connectivity index (χ0n) is 66.4. The first-order valence-electron chi connectivity index (χ1n) is 38.3. The fourth-order valence-corrected chi connectivity index (χ4v) is 18.6. The van der Waals surface area contributed by atoms with Crippen molar-refractivity contribution in [2.75, 3.05) is 0 Å². The Morgan fingerprint density at radius 1 is 0.376 bits per heavy atom. The van der Waals surface area contributed by atoms with E-state index in [-0.39, 0.29) is 65.1 Å². The van der Waals surface area contributed by atoms with Gasteiger partial charge in [0.05, 0.1) is 34.0 Å². The molecule has 0 bridgehead atoms. The summed E-state index contributed by atoms with van der Waals surface area (Å²) in [6, 6.07) is 8.70. The summed E-state index contributed by atoms with van der Waals surface area (Å²) in [5.74, 6) is 4.09. The van der Waals surface area contributed by atoms with E-state index in [0.29, 0.717) is 139 Å². The van der Waals surface area contributed by atoms with Crippen molar-refractivity contribution in [3.8, 4) is 0 Å². The Labute approximate surface area is 617 Å². The summed E-state index contributed by atoms with van der Waals surface area (Å²) in [7, 11) is 0. The zero-order valence-corrected chi connectivity index (χ0v) is 67.5. The molecule has 0 saturated heterocycles. The minimum atomic E-state index is -0.297. The molecule has 4 aliphatic carbocycles. The first-order valence-corrected chi connectivity index (χ1v) is 38.3. The van der Waals surface area contributed by atoms with Crippen LogP contribution < -0.4 is 9.97 Å². The van der Waals surface area contributed by atoms with Gasteiger partial charge in [0.2, 0.25) is 0 Å². The molecule has 12 nitrogen and oxygen atoms in total. The first kappa shape index (κ1) is 80.4. The van der Waals surface area contributed by atoms with Crippen molar-refractivity contribution in [2.24, 2.45) is 81.0 Å². The van der Waals surface area contributed by atoms with Crippen molar-refractivity contribution < 1.29 is 54.9 Å². The quantitative estimate of drug-likeness (QED) is 0.0781. The van der Waals surface area contributed by atoms with Crippen LogP contribution in [-0.2, 0) is 45.3 Å². The predicted octanol–water partition coefficient (Wildman–Crippen LogP) is 20.7. The van der Waals surface area contributed by atoms with Gasteiger partial charge in [-0.15, -0.1) is 22.8 Å². The molecule has 0 amide bonds. The average Bonchev–Trinajstić information content (AvgIpc) is 1.61. The van der Waals surface area contributed by atoms with Crippen LogP contribution in [0.2, 0.25) is 0 Å². The molecule has 2 aliphatic heterocycles. The molecule has 4 heterocycles. The molecule has 2 aromatic carbocycles. The zero-order chi connectivity index (χ0) is 73.5. The standard InChI is InChI=1S/2C44H62N2O4.Co/c2*1-22(2)33-16-14-24(5)20-35(33)49-43(47)38-29(10)41(45-31(38)12)40(37-27(8)18-26(7)19-28(37)9)42-30(11)39(32(13)46-42)44(48)50-36-21-25(6)15-17-34(36)23(3)4;/h2*18-19,22-25,33-36H,14-17,20-21H2,1-13H3,(H,45,46,47,48);/q;;+2/p-2. The number of carbonyl (C=O) groups excluding carboxylic acids is 4. The molecule has 13 heteroatoms. The van der Waals surface area contributed by atoms with E-state index in [9.17, 15) is 19.2 Å². The van der Waals surface area contributed by atoms with Crippen molar-refractivity contribution >= 4 is 46.4 Å². The van der Waals surface area contributed by atoms with Gasteiger partial charge in [-0.25, -0.2) is 19.2 Å². The summed E-state index contributed by atoms with van der Waals surface area (Å²) in [4.78, 5) is 76.7. The van der Waals surface area contributed by atoms with Crippen LogP contribution in [0.5, 0.6) is 0 Å². The van der Waals surface area contributed by atoms with E-state index < -0.39 is 0 Å². The second-order valence-corrected chi connectivity index (χ2v) is 33.6. The fraction of sp³-hybridized carbons (Fsp3) is 0.614. The van der Waals surface area contributed by atoms with Gasteiger partial charge in [0.25, 0.3) is 0 Å². The maximum absolute atomic E-state index is 14.1. The number of aryl methyl sites for hydroxylation is 8. The third kappa shape index (κ3) is 17.2. The van der Waals surface area contributed by atoms with Crippen molar-refractivity contribution in [3.63, 3.8) is 0 Å². The van der Waals surface area contributed by atoms with Crippen molar-refractivity contribution in [1.82, 2.24) is 9.97 Å². The van der Waals surface area contributed by atoms with Crippen LogP contribution in [0.1, 0.15) is 287 Å². The average molecular weight is 1420 g/mol. The molecule has 4 fully saturated rings. The van der Waals surface area contributed by atoms with Crippen LogP contribution in [0.25, 0.3) is 11.1 Å². The number of benzene rings is 2. The van der Waals surface area contributed by atoms with E-state index in [4.69, 9.17) is 38.9 Å². The van der Waals surface area contributed by atoms with Gasteiger partial charge in [0.15, 0.2) is 0 Å². The van der Waals surface area contributed by atoms with Gasteiger partial charge in [-0.2, -0.15) is 0 Å². The van der Waals surface area contributed by atoms with Crippen LogP contribution in [0, 0.1) is 140 Å². The molecule has 6 aliphatic rings. The van der Waals surface area contributed by atoms with Crippen LogP contribution in [-0.4, -0.2) is 59.7 Å². The van der Waals surface area contributed by atoms with E-state index in [1.807, 2.05) is 55.4 Å². The Hall–Kier alpha value is -6.31. The number of esters is 4. The Kier molecular flexibility index (Phi) is 26.4. The molecule has 551 valence electrons. The Balaban J connectivity index is 0.000000254. The number of hydrogen-bond donors (Lipinski definition) is 0. The fourth-order valence-electron chi connectivity index (χ4n) is 18.6. The van der Waals surface area contributed by atoms with Crippen LogP contribution in [0.3, 0.4) is 0 Å². The largest absolute Gasteiger partial charge is 2.00 e. The Morgan fingerprint density at radius 3 is 0.871 bits per heavy atom. The number of nitrogens with zero attached hydrogens (tertiary/aromatic N) is 4. The topological polar surface area (TPSA) is 158 Å². The van der Waals surface area contributed by atoms with E-state index in [0.717, 1.165) is 118 Å². The summed E-state index contributed by atoms with van der Waals surface area (Å²) in [5, 5.41) is 0. The van der Waals surface area contributed by atoms with E-state index in [2.05, 4.69) is 149 Å². The van der Waals surface area contributed by atoms with Gasteiger partial charge in [0, 0.05) is 11.1 Å². The maximum Gasteiger partial charge on any atom is 2.00 e. The van der Waals surface area contributed by atoms with Gasteiger partial charge in [-0.3, -0.25) is 9.98 Å². The molecule has 12 unspecified atom stereocenters. The summed E-state index contributed by atoms with van der Waals surface area (Å²) in [5.41, 5.74) is 21.2. The van der Waals surface area contributed by atoms with Gasteiger partial charge in [0.1, 0.15) is 24.4 Å². The molecule has 2 aromatic heterocycles. The first-order chi connectivity index (χ1) is 47.0. The van der Waals surface area contributed by atoms with Crippen molar-refractivity contribution in [2.45, 2.75) is 281 Å². The third-order valence-corrected chi connectivity index (χ3v) is 24.0. The molecular weight excluding hydrogens is 1300 g/mol. The van der Waals surface area contributed by atoms with Gasteiger partial charge < -0.3 is 28.9 Å². The summed E-state index contributed by atoms with van der Waals surface area (Å²) in [6.45, 7) is 55.0. The molecule has 10 rings (SSSR count). The van der Waals surface area contributed by atoms with E-state index in [1.165, 1.54) is 36.8 Å². The second-order valence-electron chi connectivity index (χ2n) is 33.6. The van der Waals surface area contributed by atoms with Crippen LogP contribution >= 0.6 is 0 Å². The molecule has 0 spiro atoms. The molecule has 0 N–H and O–H groups in total. The normalized spacial score (nSPS) is 26.6. The minimum absolute atomic E-state index is 0. The number of rotatable bonds is 16. The maximum atomic E-state index is 14.1.